The molecule has 6 rings (SSSR count). The number of nitrogens with zero attached hydrogens (tertiary/aromatic N) is 2. The number of hydrogen-bond acceptors (Lipinski definition) is 6. The third-order valence-electron chi connectivity index (χ3n) is 9.29. The van der Waals surface area contributed by atoms with Crippen molar-refractivity contribution in [1.82, 2.24) is 9.80 Å². The molecule has 3 aliphatic heterocycles. The van der Waals surface area contributed by atoms with Crippen molar-refractivity contribution >= 4 is 40.3 Å². The minimum Gasteiger partial charge on any atom is -0.468 e. The molecule has 1 saturated carbocycles. The van der Waals surface area contributed by atoms with Gasteiger partial charge in [0, 0.05) is 42.6 Å². The first-order valence-corrected chi connectivity index (χ1v) is 16.1. The molecule has 41 heavy (non-hydrogen) atoms. The summed E-state index contributed by atoms with van der Waals surface area (Å²) in [5, 5.41) is 2.17. The molecule has 0 bridgehead atoms. The van der Waals surface area contributed by atoms with Crippen molar-refractivity contribution in [3.8, 4) is 0 Å². The Labute approximate surface area is 246 Å². The van der Waals surface area contributed by atoms with Crippen LogP contribution >= 0.6 is 11.8 Å². The summed E-state index contributed by atoms with van der Waals surface area (Å²) in [6.45, 7) is 5.92. The number of likely N-dealkylation sites (tertiary alicyclic amines) is 1. The van der Waals surface area contributed by atoms with Crippen molar-refractivity contribution in [3.05, 3.63) is 59.8 Å². The maximum Gasteiger partial charge on any atom is 0.320 e. The number of fused-ring (bicyclic) bond motifs is 2. The number of carbonyl (C=O) groups excluding carboxylic acids is 3. The fourth-order valence-electron chi connectivity index (χ4n) is 6.97. The zero-order valence-corrected chi connectivity index (χ0v) is 25.0. The number of ether oxygens (including phenoxy) is 2. The third-order valence-corrected chi connectivity index (χ3v) is 10.2. The Kier molecular flexibility index (Phi) is 7.90. The second-order valence-corrected chi connectivity index (χ2v) is 13.5. The molecule has 218 valence electrons. The zero-order chi connectivity index (χ0) is 28.7. The monoisotopic (exact) mass is 576 g/mol. The summed E-state index contributed by atoms with van der Waals surface area (Å²) in [4.78, 5) is 45.7. The standard InChI is InChI=1S/C33H40N2O5S/c1-21(2)27-18-28-33(32(38)39-3,30(40-27)23-11-12-23)19-25(17-29(36)34-13-15-41-16-14-34)31(37)35(28)20-24-9-6-8-22-7-4-5-10-26(22)24/h4-10,18,21,23,25,27,30H,11-17,19-20H2,1-3H3/t25-,27+,30+,33+/m0/s1. The van der Waals surface area contributed by atoms with E-state index in [1.54, 1.807) is 4.90 Å². The molecule has 2 amide bonds. The van der Waals surface area contributed by atoms with E-state index in [0.717, 1.165) is 40.7 Å². The fourth-order valence-corrected chi connectivity index (χ4v) is 7.87. The van der Waals surface area contributed by atoms with Crippen molar-refractivity contribution < 1.29 is 23.9 Å². The normalized spacial score (nSPS) is 28.4. The van der Waals surface area contributed by atoms with E-state index in [1.165, 1.54) is 7.11 Å². The molecule has 2 saturated heterocycles. The first-order chi connectivity index (χ1) is 19.8. The molecule has 3 heterocycles. The van der Waals surface area contributed by atoms with Crippen LogP contribution in [0.25, 0.3) is 10.8 Å². The van der Waals surface area contributed by atoms with Crippen molar-refractivity contribution in [2.45, 2.75) is 58.3 Å². The summed E-state index contributed by atoms with van der Waals surface area (Å²) in [5.74, 6) is 1.10. The fraction of sp³-hybridized carbons (Fsp3) is 0.545. The number of thioether (sulfide) groups is 1. The van der Waals surface area contributed by atoms with Gasteiger partial charge in [0.25, 0.3) is 0 Å². The highest BCUT2D eigenvalue weighted by Crippen LogP contribution is 2.57. The van der Waals surface area contributed by atoms with Gasteiger partial charge in [0.2, 0.25) is 11.8 Å². The average Bonchev–Trinajstić information content (AvgIpc) is 3.84. The third kappa shape index (κ3) is 5.18. The highest BCUT2D eigenvalue weighted by Gasteiger charge is 2.64. The Balaban J connectivity index is 1.46. The highest BCUT2D eigenvalue weighted by molar-refractivity contribution is 7.99. The maximum atomic E-state index is 14.5. The SMILES string of the molecule is COC(=O)[C@]12C[C@H](CC(=O)N3CCSCC3)C(=O)N(Cc3cccc4ccccc34)C1=C[C@H](C(C)C)O[C@@H]2C1CC1. The lowest BCUT2D eigenvalue weighted by atomic mass is 9.64. The lowest BCUT2D eigenvalue weighted by Crippen LogP contribution is -2.61. The van der Waals surface area contributed by atoms with Crippen molar-refractivity contribution in [1.29, 1.82) is 0 Å². The van der Waals surface area contributed by atoms with Crippen LogP contribution in [0.3, 0.4) is 0 Å². The number of carbonyl (C=O) groups is 3. The molecule has 0 N–H and O–H groups in total. The molecular weight excluding hydrogens is 536 g/mol. The number of amides is 2. The van der Waals surface area contributed by atoms with Gasteiger partial charge in [0.15, 0.2) is 0 Å². The van der Waals surface area contributed by atoms with E-state index in [0.29, 0.717) is 25.3 Å². The van der Waals surface area contributed by atoms with Crippen molar-refractivity contribution in [2.24, 2.45) is 23.2 Å². The molecule has 0 unspecified atom stereocenters. The number of hydrogen-bond donors (Lipinski definition) is 0. The van der Waals surface area contributed by atoms with Gasteiger partial charge in [-0.3, -0.25) is 14.4 Å². The van der Waals surface area contributed by atoms with Gasteiger partial charge < -0.3 is 19.3 Å². The first-order valence-electron chi connectivity index (χ1n) is 14.9. The topological polar surface area (TPSA) is 76.2 Å². The molecule has 7 nitrogen and oxygen atoms in total. The molecule has 4 aliphatic rings. The van der Waals surface area contributed by atoms with E-state index in [2.05, 4.69) is 32.0 Å². The van der Waals surface area contributed by atoms with E-state index in [4.69, 9.17) is 9.47 Å². The Morgan fingerprint density at radius 1 is 1.10 bits per heavy atom. The Hall–Kier alpha value is -2.84. The van der Waals surface area contributed by atoms with Gasteiger partial charge >= 0.3 is 5.97 Å². The molecule has 0 radical (unpaired) electrons. The first kappa shape index (κ1) is 28.3. The summed E-state index contributed by atoms with van der Waals surface area (Å²) in [6, 6.07) is 14.3. The smallest absolute Gasteiger partial charge is 0.320 e. The second kappa shape index (κ2) is 11.4. The second-order valence-electron chi connectivity index (χ2n) is 12.3. The van der Waals surface area contributed by atoms with E-state index >= 15 is 0 Å². The summed E-state index contributed by atoms with van der Waals surface area (Å²) < 4.78 is 12.3. The highest BCUT2D eigenvalue weighted by atomic mass is 32.2. The summed E-state index contributed by atoms with van der Waals surface area (Å²) in [5.41, 5.74) is 0.566. The Morgan fingerprint density at radius 3 is 2.54 bits per heavy atom. The molecule has 0 aromatic heterocycles. The van der Waals surface area contributed by atoms with Gasteiger partial charge in [-0.1, -0.05) is 56.3 Å². The van der Waals surface area contributed by atoms with Gasteiger partial charge in [0.05, 0.1) is 25.9 Å². The Morgan fingerprint density at radius 2 is 1.83 bits per heavy atom. The van der Waals surface area contributed by atoms with E-state index in [1.807, 2.05) is 47.0 Å². The molecular formula is C33H40N2O5S. The van der Waals surface area contributed by atoms with Crippen molar-refractivity contribution in [3.63, 3.8) is 0 Å². The average molecular weight is 577 g/mol. The summed E-state index contributed by atoms with van der Waals surface area (Å²) in [7, 11) is 1.42. The van der Waals surface area contributed by atoms with Crippen LogP contribution in [0.1, 0.15) is 45.1 Å². The quantitative estimate of drug-likeness (QED) is 0.431. The van der Waals surface area contributed by atoms with Crippen LogP contribution in [0.5, 0.6) is 0 Å². The van der Waals surface area contributed by atoms with Crippen LogP contribution in [0.2, 0.25) is 0 Å². The van der Waals surface area contributed by atoms with Crippen LogP contribution in [0.4, 0.5) is 0 Å². The molecule has 0 spiro atoms. The molecule has 8 heteroatoms. The molecule has 2 aromatic rings. The summed E-state index contributed by atoms with van der Waals surface area (Å²) >= 11 is 1.84. The van der Waals surface area contributed by atoms with Gasteiger partial charge in [-0.05, 0) is 53.5 Å². The predicted octanol–water partition coefficient (Wildman–Crippen LogP) is 5.03. The van der Waals surface area contributed by atoms with E-state index < -0.39 is 17.4 Å². The summed E-state index contributed by atoms with van der Waals surface area (Å²) in [6.07, 6.45) is 3.67. The number of methoxy groups -OCH3 is 1. The molecule has 4 atom stereocenters. The number of rotatable bonds is 7. The van der Waals surface area contributed by atoms with Crippen LogP contribution in [-0.2, 0) is 30.4 Å². The van der Waals surface area contributed by atoms with E-state index in [-0.39, 0.29) is 48.6 Å². The van der Waals surface area contributed by atoms with Gasteiger partial charge in [-0.25, -0.2) is 0 Å². The maximum absolute atomic E-state index is 14.5. The lowest BCUT2D eigenvalue weighted by molar-refractivity contribution is -0.182. The van der Waals surface area contributed by atoms with Crippen LogP contribution in [0.15, 0.2) is 54.2 Å². The number of benzene rings is 2. The number of esters is 1. The van der Waals surface area contributed by atoms with E-state index in [9.17, 15) is 14.4 Å². The number of piperidine rings is 1. The van der Waals surface area contributed by atoms with Gasteiger partial charge in [-0.2, -0.15) is 11.8 Å². The zero-order valence-electron chi connectivity index (χ0n) is 24.2. The van der Waals surface area contributed by atoms with Gasteiger partial charge in [0.1, 0.15) is 5.41 Å². The molecule has 2 aromatic carbocycles. The largest absolute Gasteiger partial charge is 0.468 e. The lowest BCUT2D eigenvalue weighted by Gasteiger charge is -2.53. The predicted molar refractivity (Wildman–Crippen MR) is 160 cm³/mol. The van der Waals surface area contributed by atoms with Crippen LogP contribution in [0, 0.1) is 23.2 Å². The Bertz CT molecular complexity index is 1360. The minimum atomic E-state index is -1.14. The van der Waals surface area contributed by atoms with Crippen molar-refractivity contribution in [2.75, 3.05) is 31.7 Å². The van der Waals surface area contributed by atoms with Crippen LogP contribution < -0.4 is 0 Å². The molecule has 3 fully saturated rings. The van der Waals surface area contributed by atoms with Gasteiger partial charge in [-0.15, -0.1) is 0 Å². The van der Waals surface area contributed by atoms with Crippen LogP contribution in [-0.4, -0.2) is 71.5 Å². The minimum absolute atomic E-state index is 0.0130. The molecule has 1 aliphatic carbocycles.